The Morgan fingerprint density at radius 3 is 2.86 bits per heavy atom. The van der Waals surface area contributed by atoms with Crippen molar-refractivity contribution in [3.05, 3.63) is 12.4 Å². The first kappa shape index (κ1) is 15.0. The van der Waals surface area contributed by atoms with Gasteiger partial charge in [-0.15, -0.1) is 0 Å². The Hall–Kier alpha value is -1.89. The van der Waals surface area contributed by atoms with Crippen LogP contribution in [0.5, 0.6) is 0 Å². The van der Waals surface area contributed by atoms with Gasteiger partial charge in [0.05, 0.1) is 11.9 Å². The maximum Gasteiger partial charge on any atom is 0.249 e. The Kier molecular flexibility index (Phi) is 4.15. The first-order valence-corrected chi connectivity index (χ1v) is 7.87. The summed E-state index contributed by atoms with van der Waals surface area (Å²) in [5.41, 5.74) is 0.794. The van der Waals surface area contributed by atoms with Crippen molar-refractivity contribution in [2.45, 2.75) is 25.8 Å². The van der Waals surface area contributed by atoms with E-state index in [4.69, 9.17) is 0 Å². The lowest BCUT2D eigenvalue weighted by molar-refractivity contribution is -0.132. The molecule has 0 spiro atoms. The monoisotopic (exact) mass is 305 g/mol. The molecule has 1 aromatic heterocycles. The number of carbonyl (C=O) groups excluding carboxylic acids is 2. The minimum atomic E-state index is -0.419. The molecule has 7 nitrogen and oxygen atoms in total. The van der Waals surface area contributed by atoms with Crippen molar-refractivity contribution >= 4 is 17.5 Å². The third-order valence-corrected chi connectivity index (χ3v) is 4.69. The molecule has 2 aliphatic rings. The normalized spacial score (nSPS) is 24.0. The molecule has 0 bridgehead atoms. The molecule has 2 amide bonds. The number of aryl methyl sites for hydroxylation is 1. The standard InChI is InChI=1S/C15H23N5O2/c1-10(11-6-16-7-11)14(21)18-13-4-3-5-20(15(13)22)12-8-17-19(2)9-12/h8-11,13,16H,3-7H2,1-2H3,(H,18,21). The number of nitrogens with one attached hydrogen (secondary N) is 2. The molecule has 1 aromatic rings. The smallest absolute Gasteiger partial charge is 0.249 e. The van der Waals surface area contributed by atoms with Gasteiger partial charge in [0.15, 0.2) is 0 Å². The zero-order valence-electron chi connectivity index (χ0n) is 13.1. The highest BCUT2D eigenvalue weighted by atomic mass is 16.2. The maximum atomic E-state index is 12.6. The highest BCUT2D eigenvalue weighted by molar-refractivity contribution is 5.99. The number of hydrogen-bond donors (Lipinski definition) is 2. The molecule has 0 saturated carbocycles. The lowest BCUT2D eigenvalue weighted by Gasteiger charge is -2.35. The number of aromatic nitrogens is 2. The number of piperidine rings is 1. The van der Waals surface area contributed by atoms with Crippen LogP contribution in [0.2, 0.25) is 0 Å². The van der Waals surface area contributed by atoms with Crippen LogP contribution in [0.4, 0.5) is 5.69 Å². The van der Waals surface area contributed by atoms with Crippen LogP contribution in [-0.2, 0) is 16.6 Å². The number of anilines is 1. The fourth-order valence-corrected chi connectivity index (χ4v) is 3.00. The van der Waals surface area contributed by atoms with Crippen molar-refractivity contribution in [3.63, 3.8) is 0 Å². The Morgan fingerprint density at radius 1 is 1.50 bits per heavy atom. The molecule has 0 aliphatic carbocycles. The van der Waals surface area contributed by atoms with Crippen LogP contribution in [0.15, 0.2) is 12.4 Å². The number of hydrogen-bond acceptors (Lipinski definition) is 4. The molecule has 7 heteroatoms. The Bertz CT molecular complexity index is 566. The van der Waals surface area contributed by atoms with Crippen molar-refractivity contribution in [1.29, 1.82) is 0 Å². The Morgan fingerprint density at radius 2 is 2.27 bits per heavy atom. The minimum absolute atomic E-state index is 0.0158. The van der Waals surface area contributed by atoms with E-state index in [1.54, 1.807) is 15.8 Å². The number of nitrogens with zero attached hydrogens (tertiary/aromatic N) is 3. The molecule has 2 atom stereocenters. The number of carbonyl (C=O) groups is 2. The van der Waals surface area contributed by atoms with Crippen molar-refractivity contribution in [2.75, 3.05) is 24.5 Å². The maximum absolute atomic E-state index is 12.6. The second-order valence-corrected chi connectivity index (χ2v) is 6.27. The molecule has 22 heavy (non-hydrogen) atoms. The molecular weight excluding hydrogens is 282 g/mol. The van der Waals surface area contributed by atoms with E-state index in [0.29, 0.717) is 18.9 Å². The first-order chi connectivity index (χ1) is 10.6. The van der Waals surface area contributed by atoms with E-state index in [0.717, 1.165) is 25.2 Å². The van der Waals surface area contributed by atoms with Crippen LogP contribution in [0.1, 0.15) is 19.8 Å². The molecule has 120 valence electrons. The zero-order valence-corrected chi connectivity index (χ0v) is 13.1. The predicted octanol–water partition coefficient (Wildman–Crippen LogP) is -0.113. The van der Waals surface area contributed by atoms with Gasteiger partial charge < -0.3 is 15.5 Å². The Balaban J connectivity index is 1.63. The second kappa shape index (κ2) is 6.08. The van der Waals surface area contributed by atoms with E-state index in [-0.39, 0.29) is 17.7 Å². The fourth-order valence-electron chi connectivity index (χ4n) is 3.00. The summed E-state index contributed by atoms with van der Waals surface area (Å²) in [6.45, 7) is 4.38. The molecule has 2 aliphatic heterocycles. The first-order valence-electron chi connectivity index (χ1n) is 7.87. The molecular formula is C15H23N5O2. The van der Waals surface area contributed by atoms with E-state index in [1.165, 1.54) is 0 Å². The van der Waals surface area contributed by atoms with E-state index < -0.39 is 6.04 Å². The van der Waals surface area contributed by atoms with Gasteiger partial charge in [-0.05, 0) is 31.8 Å². The quantitative estimate of drug-likeness (QED) is 0.813. The van der Waals surface area contributed by atoms with E-state index in [2.05, 4.69) is 15.7 Å². The molecule has 3 heterocycles. The summed E-state index contributed by atoms with van der Waals surface area (Å²) >= 11 is 0. The van der Waals surface area contributed by atoms with Gasteiger partial charge in [0, 0.05) is 25.7 Å². The lowest BCUT2D eigenvalue weighted by Crippen LogP contribution is -2.56. The molecule has 0 radical (unpaired) electrons. The molecule has 2 fully saturated rings. The number of amides is 2. The molecule has 2 unspecified atom stereocenters. The second-order valence-electron chi connectivity index (χ2n) is 6.27. The van der Waals surface area contributed by atoms with Gasteiger partial charge in [0.2, 0.25) is 11.8 Å². The highest BCUT2D eigenvalue weighted by Gasteiger charge is 2.34. The van der Waals surface area contributed by atoms with E-state index in [1.807, 2.05) is 20.2 Å². The van der Waals surface area contributed by atoms with Crippen LogP contribution >= 0.6 is 0 Å². The largest absolute Gasteiger partial charge is 0.344 e. The molecule has 2 saturated heterocycles. The summed E-state index contributed by atoms with van der Waals surface area (Å²) in [4.78, 5) is 26.6. The van der Waals surface area contributed by atoms with Crippen LogP contribution in [0.3, 0.4) is 0 Å². The van der Waals surface area contributed by atoms with E-state index in [9.17, 15) is 9.59 Å². The summed E-state index contributed by atoms with van der Waals surface area (Å²) < 4.78 is 1.68. The summed E-state index contributed by atoms with van der Waals surface area (Å²) in [5.74, 6) is 0.278. The van der Waals surface area contributed by atoms with Crippen molar-refractivity contribution in [2.24, 2.45) is 18.9 Å². The van der Waals surface area contributed by atoms with Gasteiger partial charge in [-0.2, -0.15) is 5.10 Å². The van der Waals surface area contributed by atoms with E-state index >= 15 is 0 Å². The number of rotatable bonds is 4. The third-order valence-electron chi connectivity index (χ3n) is 4.69. The van der Waals surface area contributed by atoms with Gasteiger partial charge in [-0.3, -0.25) is 14.3 Å². The van der Waals surface area contributed by atoms with Crippen LogP contribution < -0.4 is 15.5 Å². The van der Waals surface area contributed by atoms with Gasteiger partial charge in [-0.25, -0.2) is 0 Å². The summed E-state index contributed by atoms with van der Waals surface area (Å²) in [7, 11) is 1.82. The minimum Gasteiger partial charge on any atom is -0.344 e. The van der Waals surface area contributed by atoms with Gasteiger partial charge >= 0.3 is 0 Å². The molecule has 2 N–H and O–H groups in total. The molecule has 3 rings (SSSR count). The summed E-state index contributed by atoms with van der Waals surface area (Å²) in [5, 5.41) is 10.2. The zero-order chi connectivity index (χ0) is 15.7. The Labute approximate surface area is 130 Å². The average Bonchev–Trinajstić information content (AvgIpc) is 2.85. The van der Waals surface area contributed by atoms with Crippen LogP contribution in [0.25, 0.3) is 0 Å². The van der Waals surface area contributed by atoms with Crippen molar-refractivity contribution in [3.8, 4) is 0 Å². The lowest BCUT2D eigenvalue weighted by atomic mass is 9.88. The SMILES string of the molecule is CC(C(=O)NC1CCCN(c2cnn(C)c2)C1=O)C1CNC1. The van der Waals surface area contributed by atoms with Gasteiger partial charge in [-0.1, -0.05) is 6.92 Å². The van der Waals surface area contributed by atoms with Crippen molar-refractivity contribution < 1.29 is 9.59 Å². The van der Waals surface area contributed by atoms with Crippen LogP contribution in [-0.4, -0.2) is 47.3 Å². The third kappa shape index (κ3) is 2.85. The highest BCUT2D eigenvalue weighted by Crippen LogP contribution is 2.21. The van der Waals surface area contributed by atoms with Gasteiger partial charge in [0.1, 0.15) is 6.04 Å². The van der Waals surface area contributed by atoms with Crippen molar-refractivity contribution in [1.82, 2.24) is 20.4 Å². The fraction of sp³-hybridized carbons (Fsp3) is 0.667. The summed E-state index contributed by atoms with van der Waals surface area (Å²) in [6.07, 6.45) is 5.09. The molecule has 0 aromatic carbocycles. The topological polar surface area (TPSA) is 79.3 Å². The van der Waals surface area contributed by atoms with Gasteiger partial charge in [0.25, 0.3) is 0 Å². The summed E-state index contributed by atoms with van der Waals surface area (Å²) in [6, 6.07) is -0.419. The predicted molar refractivity (Wildman–Crippen MR) is 82.2 cm³/mol. The average molecular weight is 305 g/mol. The van der Waals surface area contributed by atoms with Crippen LogP contribution in [0, 0.1) is 11.8 Å².